The lowest BCUT2D eigenvalue weighted by Crippen LogP contribution is -2.17. The van der Waals surface area contributed by atoms with Crippen molar-refractivity contribution < 1.29 is 9.53 Å². The van der Waals surface area contributed by atoms with Crippen molar-refractivity contribution in [3.8, 4) is 17.0 Å². The highest BCUT2D eigenvalue weighted by Gasteiger charge is 2.10. The van der Waals surface area contributed by atoms with E-state index in [1.807, 2.05) is 54.6 Å². The fourth-order valence-corrected chi connectivity index (χ4v) is 2.61. The Kier molecular flexibility index (Phi) is 6.95. The summed E-state index contributed by atoms with van der Waals surface area (Å²) in [5.41, 5.74) is 5.34. The van der Waals surface area contributed by atoms with Crippen LogP contribution < -0.4 is 10.2 Å². The molecule has 0 spiro atoms. The smallest absolute Gasteiger partial charge is 0.289 e. The first-order chi connectivity index (χ1) is 13.8. The van der Waals surface area contributed by atoms with Crippen LogP contribution in [0.4, 0.5) is 0 Å². The molecule has 0 saturated carbocycles. The molecule has 3 aromatic rings. The van der Waals surface area contributed by atoms with Crippen LogP contribution in [0.15, 0.2) is 65.8 Å². The lowest BCUT2D eigenvalue weighted by molar-refractivity contribution is 0.0950. The van der Waals surface area contributed by atoms with E-state index in [0.717, 1.165) is 29.9 Å². The highest BCUT2D eigenvalue weighted by Crippen LogP contribution is 2.21. The van der Waals surface area contributed by atoms with Crippen LogP contribution in [-0.4, -0.2) is 28.9 Å². The Morgan fingerprint density at radius 1 is 1.14 bits per heavy atom. The molecule has 0 fully saturated rings. The molecule has 6 nitrogen and oxygen atoms in total. The number of carbonyl (C=O) groups excluding carboxylic acids is 1. The number of nitrogens with one attached hydrogen (secondary N) is 2. The van der Waals surface area contributed by atoms with Gasteiger partial charge < -0.3 is 4.74 Å². The summed E-state index contributed by atoms with van der Waals surface area (Å²) in [5.74, 6) is 0.491. The van der Waals surface area contributed by atoms with Gasteiger partial charge in [0.2, 0.25) is 0 Å². The molecule has 1 amide bonds. The third-order valence-corrected chi connectivity index (χ3v) is 4.17. The van der Waals surface area contributed by atoms with Gasteiger partial charge in [0.15, 0.2) is 0 Å². The maximum atomic E-state index is 12.2. The number of hydrazone groups is 1. The summed E-state index contributed by atoms with van der Waals surface area (Å²) >= 11 is 0. The van der Waals surface area contributed by atoms with E-state index in [-0.39, 0.29) is 5.91 Å². The zero-order chi connectivity index (χ0) is 19.6. The van der Waals surface area contributed by atoms with E-state index in [2.05, 4.69) is 27.6 Å². The molecule has 0 radical (unpaired) electrons. The summed E-state index contributed by atoms with van der Waals surface area (Å²) in [5, 5.41) is 10.9. The molecule has 144 valence electrons. The normalized spacial score (nSPS) is 10.9. The van der Waals surface area contributed by atoms with Gasteiger partial charge in [0.1, 0.15) is 11.4 Å². The third-order valence-electron chi connectivity index (χ3n) is 4.17. The molecule has 0 bridgehead atoms. The molecule has 2 aromatic carbocycles. The van der Waals surface area contributed by atoms with Crippen LogP contribution in [0.3, 0.4) is 0 Å². The van der Waals surface area contributed by atoms with E-state index >= 15 is 0 Å². The van der Waals surface area contributed by atoms with Gasteiger partial charge in [-0.05, 0) is 42.3 Å². The fraction of sp³-hybridized carbons (Fsp3) is 0.227. The second-order valence-corrected chi connectivity index (χ2v) is 6.36. The van der Waals surface area contributed by atoms with Crippen molar-refractivity contribution >= 4 is 12.1 Å². The van der Waals surface area contributed by atoms with Gasteiger partial charge in [0, 0.05) is 5.56 Å². The number of hydrogen-bond donors (Lipinski definition) is 2. The third kappa shape index (κ3) is 5.54. The largest absolute Gasteiger partial charge is 0.494 e. The monoisotopic (exact) mass is 376 g/mol. The molecule has 0 atom stereocenters. The summed E-state index contributed by atoms with van der Waals surface area (Å²) in [6.45, 7) is 2.90. The van der Waals surface area contributed by atoms with Crippen molar-refractivity contribution in [2.75, 3.05) is 6.61 Å². The van der Waals surface area contributed by atoms with Gasteiger partial charge in [-0.3, -0.25) is 9.89 Å². The molecule has 6 heteroatoms. The number of aromatic amines is 1. The lowest BCUT2D eigenvalue weighted by atomic mass is 10.1. The maximum Gasteiger partial charge on any atom is 0.289 e. The zero-order valence-electron chi connectivity index (χ0n) is 15.9. The Morgan fingerprint density at radius 2 is 1.93 bits per heavy atom. The topological polar surface area (TPSA) is 79.4 Å². The number of carbonyl (C=O) groups is 1. The quantitative estimate of drug-likeness (QED) is 0.330. The Morgan fingerprint density at radius 3 is 2.68 bits per heavy atom. The fourth-order valence-electron chi connectivity index (χ4n) is 2.61. The molecular weight excluding hydrogens is 352 g/mol. The second-order valence-electron chi connectivity index (χ2n) is 6.36. The van der Waals surface area contributed by atoms with Crippen molar-refractivity contribution in [1.82, 2.24) is 15.6 Å². The van der Waals surface area contributed by atoms with Gasteiger partial charge >= 0.3 is 0 Å². The molecule has 1 heterocycles. The summed E-state index contributed by atoms with van der Waals surface area (Å²) in [7, 11) is 0. The molecule has 0 aliphatic rings. The maximum absolute atomic E-state index is 12.2. The van der Waals surface area contributed by atoms with Crippen molar-refractivity contribution in [3.05, 3.63) is 71.9 Å². The van der Waals surface area contributed by atoms with Crippen LogP contribution in [0, 0.1) is 0 Å². The first-order valence-corrected chi connectivity index (χ1v) is 9.43. The first-order valence-electron chi connectivity index (χ1n) is 9.43. The van der Waals surface area contributed by atoms with Gasteiger partial charge in [-0.1, -0.05) is 50.1 Å². The minimum absolute atomic E-state index is 0.346. The lowest BCUT2D eigenvalue weighted by Gasteiger charge is -2.06. The molecule has 0 unspecified atom stereocenters. The van der Waals surface area contributed by atoms with Gasteiger partial charge in [-0.15, -0.1) is 0 Å². The standard InChI is InChI=1S/C22H24N4O2/c1-2-3-7-14-28-19-12-10-18(11-13-19)20-15-21(25-24-20)22(27)26-23-16-17-8-5-4-6-9-17/h4-6,8-13,15-16H,2-3,7,14H2,1H3,(H,24,25)(H,26,27). The van der Waals surface area contributed by atoms with Crippen LogP contribution >= 0.6 is 0 Å². The number of unbranched alkanes of at least 4 members (excludes halogenated alkanes) is 2. The van der Waals surface area contributed by atoms with E-state index < -0.39 is 0 Å². The SMILES string of the molecule is CCCCCOc1ccc(-c2cc(C(=O)NN=Cc3ccccc3)[nH]n2)cc1. The average Bonchev–Trinajstić information content (AvgIpc) is 3.23. The molecule has 0 aliphatic carbocycles. The highest BCUT2D eigenvalue weighted by atomic mass is 16.5. The minimum Gasteiger partial charge on any atom is -0.494 e. The number of nitrogens with zero attached hydrogens (tertiary/aromatic N) is 2. The van der Waals surface area contributed by atoms with E-state index in [4.69, 9.17) is 4.74 Å². The van der Waals surface area contributed by atoms with Crippen LogP contribution in [0.5, 0.6) is 5.75 Å². The molecule has 1 aromatic heterocycles. The number of rotatable bonds is 9. The van der Waals surface area contributed by atoms with Crippen molar-refractivity contribution in [2.24, 2.45) is 5.10 Å². The number of benzene rings is 2. The van der Waals surface area contributed by atoms with E-state index in [1.165, 1.54) is 12.8 Å². The average molecular weight is 376 g/mol. The van der Waals surface area contributed by atoms with E-state index in [0.29, 0.717) is 11.4 Å². The first kappa shape index (κ1) is 19.4. The van der Waals surface area contributed by atoms with Crippen LogP contribution in [0.2, 0.25) is 0 Å². The van der Waals surface area contributed by atoms with Crippen molar-refractivity contribution in [2.45, 2.75) is 26.2 Å². The summed E-state index contributed by atoms with van der Waals surface area (Å²) < 4.78 is 5.71. The van der Waals surface area contributed by atoms with E-state index in [1.54, 1.807) is 12.3 Å². The Labute approximate surface area is 164 Å². The van der Waals surface area contributed by atoms with Gasteiger partial charge in [0.05, 0.1) is 18.5 Å². The number of amides is 1. The highest BCUT2D eigenvalue weighted by molar-refractivity contribution is 5.94. The summed E-state index contributed by atoms with van der Waals surface area (Å²) in [4.78, 5) is 12.2. The minimum atomic E-state index is -0.346. The molecule has 3 rings (SSSR count). The molecule has 2 N–H and O–H groups in total. The van der Waals surface area contributed by atoms with E-state index in [9.17, 15) is 4.79 Å². The summed E-state index contributed by atoms with van der Waals surface area (Å²) in [6, 6.07) is 18.9. The Bertz CT molecular complexity index is 902. The second kappa shape index (κ2) is 10.1. The van der Waals surface area contributed by atoms with Crippen LogP contribution in [-0.2, 0) is 0 Å². The molecular formula is C22H24N4O2. The number of hydrogen-bond acceptors (Lipinski definition) is 4. The Balaban J connectivity index is 1.55. The van der Waals surface area contributed by atoms with Crippen molar-refractivity contribution in [3.63, 3.8) is 0 Å². The summed E-state index contributed by atoms with van der Waals surface area (Å²) in [6.07, 6.45) is 5.00. The van der Waals surface area contributed by atoms with Gasteiger partial charge in [-0.25, -0.2) is 5.43 Å². The van der Waals surface area contributed by atoms with Crippen LogP contribution in [0.25, 0.3) is 11.3 Å². The van der Waals surface area contributed by atoms with Gasteiger partial charge in [-0.2, -0.15) is 10.2 Å². The Hall–Kier alpha value is -3.41. The van der Waals surface area contributed by atoms with Crippen molar-refractivity contribution in [1.29, 1.82) is 0 Å². The number of aromatic nitrogens is 2. The zero-order valence-corrected chi connectivity index (χ0v) is 15.9. The predicted octanol–water partition coefficient (Wildman–Crippen LogP) is 4.41. The van der Waals surface area contributed by atoms with Crippen LogP contribution in [0.1, 0.15) is 42.2 Å². The molecule has 28 heavy (non-hydrogen) atoms. The molecule has 0 saturated heterocycles. The predicted molar refractivity (Wildman–Crippen MR) is 111 cm³/mol. The van der Waals surface area contributed by atoms with Gasteiger partial charge in [0.25, 0.3) is 5.91 Å². The number of ether oxygens (including phenoxy) is 1. The molecule has 0 aliphatic heterocycles. The number of H-pyrrole nitrogens is 1.